The molecule has 2 unspecified atom stereocenters. The predicted octanol–water partition coefficient (Wildman–Crippen LogP) is 0.451. The molecule has 2 aromatic heterocycles. The number of carbonyl (C=O) groups is 3. The molecule has 17 heteroatoms. The van der Waals surface area contributed by atoms with E-state index in [1.165, 1.54) is 28.9 Å². The summed E-state index contributed by atoms with van der Waals surface area (Å²) in [6.07, 6.45) is 7.15. The number of fused-ring (bicyclic) bond motifs is 2. The lowest BCUT2D eigenvalue weighted by molar-refractivity contribution is -0.668. The van der Waals surface area contributed by atoms with Crippen molar-refractivity contribution in [2.75, 3.05) is 50.5 Å². The third kappa shape index (κ3) is 6.83. The number of likely N-dealkylation sites (N-methyl/N-ethyl adjacent to an activating group) is 1. The molecule has 13 nitrogen and oxygen atoms in total. The van der Waals surface area contributed by atoms with Crippen LogP contribution in [0.3, 0.4) is 0 Å². The van der Waals surface area contributed by atoms with Crippen LogP contribution < -0.4 is 26.0 Å². The number of aliphatic carboxylic acids is 1. The monoisotopic (exact) mass is 724 g/mol. The number of oxime groups is 1. The minimum atomic E-state index is -1.50. The zero-order valence-corrected chi connectivity index (χ0v) is 29.1. The van der Waals surface area contributed by atoms with Crippen LogP contribution in [0.4, 0.5) is 9.52 Å². The number of piperazine rings is 1. The zero-order valence-electron chi connectivity index (χ0n) is 26.6. The molecule has 3 aliphatic heterocycles. The molecular formula is C32H33FN8O5S3. The van der Waals surface area contributed by atoms with Crippen molar-refractivity contribution in [3.05, 3.63) is 58.1 Å². The van der Waals surface area contributed by atoms with E-state index in [4.69, 9.17) is 17.0 Å². The third-order valence-corrected chi connectivity index (χ3v) is 11.7. The van der Waals surface area contributed by atoms with Gasteiger partial charge in [0.15, 0.2) is 23.6 Å². The average molecular weight is 725 g/mol. The molecule has 3 aromatic rings. The number of halogens is 1. The SMILES string of the molecule is C#CCO/N=C(\C(=O)NC1C(=O)N2C(C(=O)[O-])=C(CSc3cc[n+](CC)c4cc(C5CNCCN5C)c(F)cc34)CS[C@H]12)c1csc(N)n1. The molecule has 0 bridgehead atoms. The van der Waals surface area contributed by atoms with Gasteiger partial charge in [-0.3, -0.25) is 19.4 Å². The number of aromatic nitrogens is 2. The zero-order chi connectivity index (χ0) is 34.8. The molecule has 0 radical (unpaired) electrons. The van der Waals surface area contributed by atoms with E-state index in [2.05, 4.69) is 36.2 Å². The van der Waals surface area contributed by atoms with E-state index >= 15 is 4.39 Å². The number of carboxylic acid groups (broad SMARTS) is 1. The Morgan fingerprint density at radius 2 is 2.22 bits per heavy atom. The number of anilines is 1. The van der Waals surface area contributed by atoms with E-state index in [0.29, 0.717) is 29.6 Å². The molecule has 49 heavy (non-hydrogen) atoms. The molecule has 0 saturated carbocycles. The maximum Gasteiger partial charge on any atom is 0.276 e. The fourth-order valence-electron chi connectivity index (χ4n) is 6.04. The number of thiazole rings is 1. The first-order valence-electron chi connectivity index (χ1n) is 15.4. The van der Waals surface area contributed by atoms with E-state index in [-0.39, 0.29) is 52.2 Å². The predicted molar refractivity (Wildman–Crippen MR) is 184 cm³/mol. The number of nitrogen functional groups attached to an aromatic ring is 1. The van der Waals surface area contributed by atoms with E-state index < -0.39 is 29.2 Å². The second kappa shape index (κ2) is 14.7. The summed E-state index contributed by atoms with van der Waals surface area (Å²) in [6, 6.07) is 4.23. The van der Waals surface area contributed by atoms with Gasteiger partial charge < -0.3 is 31.1 Å². The second-order valence-corrected chi connectivity index (χ2v) is 14.4. The van der Waals surface area contributed by atoms with Gasteiger partial charge in [0.05, 0.1) is 23.1 Å². The van der Waals surface area contributed by atoms with Crippen LogP contribution in [-0.4, -0.2) is 94.5 Å². The quantitative estimate of drug-likeness (QED) is 0.0478. The fourth-order valence-corrected chi connectivity index (χ4v) is 9.11. The van der Waals surface area contributed by atoms with Gasteiger partial charge in [-0.1, -0.05) is 11.1 Å². The molecule has 5 heterocycles. The summed E-state index contributed by atoms with van der Waals surface area (Å²) in [5.41, 5.74) is 7.38. The summed E-state index contributed by atoms with van der Waals surface area (Å²) in [5.74, 6) is -0.436. The minimum absolute atomic E-state index is 0.0998. The first kappa shape index (κ1) is 34.6. The van der Waals surface area contributed by atoms with Crippen molar-refractivity contribution in [2.45, 2.75) is 35.8 Å². The van der Waals surface area contributed by atoms with Crippen LogP contribution in [-0.2, 0) is 25.8 Å². The van der Waals surface area contributed by atoms with Gasteiger partial charge in [0.1, 0.15) is 29.5 Å². The Bertz CT molecular complexity index is 1930. The molecule has 0 aliphatic carbocycles. The van der Waals surface area contributed by atoms with Crippen LogP contribution in [0.2, 0.25) is 0 Å². The molecule has 256 valence electrons. The summed E-state index contributed by atoms with van der Waals surface area (Å²) < 4.78 is 17.7. The van der Waals surface area contributed by atoms with Gasteiger partial charge in [-0.05, 0) is 25.6 Å². The molecule has 3 aliphatic rings. The van der Waals surface area contributed by atoms with Gasteiger partial charge in [-0.25, -0.2) is 9.37 Å². The van der Waals surface area contributed by atoms with Crippen LogP contribution in [0, 0.1) is 18.2 Å². The Labute approximate surface area is 294 Å². The van der Waals surface area contributed by atoms with Crippen molar-refractivity contribution in [1.29, 1.82) is 0 Å². The van der Waals surface area contributed by atoms with E-state index in [1.807, 2.05) is 32.3 Å². The lowest BCUT2D eigenvalue weighted by atomic mass is 10.0. The summed E-state index contributed by atoms with van der Waals surface area (Å²) in [6.45, 7) is 4.81. The molecule has 2 fully saturated rings. The van der Waals surface area contributed by atoms with Crippen molar-refractivity contribution in [3.63, 3.8) is 0 Å². The molecule has 4 N–H and O–H groups in total. The number of β-lactam (4-membered cyclic amide) rings is 1. The van der Waals surface area contributed by atoms with Gasteiger partial charge in [-0.2, -0.15) is 4.57 Å². The number of carbonyl (C=O) groups excluding carboxylic acids is 3. The van der Waals surface area contributed by atoms with Crippen LogP contribution in [0.1, 0.15) is 24.2 Å². The first-order chi connectivity index (χ1) is 23.6. The van der Waals surface area contributed by atoms with Crippen molar-refractivity contribution < 1.29 is 33.3 Å². The Morgan fingerprint density at radius 1 is 1.41 bits per heavy atom. The second-order valence-electron chi connectivity index (χ2n) is 11.4. The minimum Gasteiger partial charge on any atom is -0.543 e. The number of nitrogens with zero attached hydrogens (tertiary/aromatic N) is 5. The Morgan fingerprint density at radius 3 is 2.92 bits per heavy atom. The number of rotatable bonds is 11. The van der Waals surface area contributed by atoms with Gasteiger partial charge in [0.2, 0.25) is 5.52 Å². The number of nitrogens with two attached hydrogens (primary N) is 1. The Balaban J connectivity index is 1.22. The fraction of sp³-hybridized carbons (Fsp3) is 0.375. The molecule has 3 atom stereocenters. The number of benzene rings is 1. The normalized spacial score (nSPS) is 21.3. The van der Waals surface area contributed by atoms with Crippen LogP contribution in [0.5, 0.6) is 0 Å². The number of amides is 2. The average Bonchev–Trinajstić information content (AvgIpc) is 3.52. The van der Waals surface area contributed by atoms with Gasteiger partial charge in [0.25, 0.3) is 11.8 Å². The molecule has 2 saturated heterocycles. The van der Waals surface area contributed by atoms with Gasteiger partial charge in [0, 0.05) is 59.1 Å². The number of hydrogen-bond acceptors (Lipinski definition) is 13. The highest BCUT2D eigenvalue weighted by Crippen LogP contribution is 2.42. The first-order valence-corrected chi connectivity index (χ1v) is 18.3. The van der Waals surface area contributed by atoms with Crippen molar-refractivity contribution in [1.82, 2.24) is 25.4 Å². The number of aryl methyl sites for hydroxylation is 1. The van der Waals surface area contributed by atoms with E-state index in [9.17, 15) is 19.5 Å². The summed E-state index contributed by atoms with van der Waals surface area (Å²) in [7, 11) is 1.99. The van der Waals surface area contributed by atoms with Crippen LogP contribution in [0.15, 0.2) is 51.1 Å². The van der Waals surface area contributed by atoms with Crippen molar-refractivity contribution in [2.24, 2.45) is 5.16 Å². The number of hydrogen-bond donors (Lipinski definition) is 3. The molecule has 6 rings (SSSR count). The maximum absolute atomic E-state index is 15.7. The van der Waals surface area contributed by atoms with Gasteiger partial charge in [-0.15, -0.1) is 41.3 Å². The molecular weight excluding hydrogens is 692 g/mol. The summed E-state index contributed by atoms with van der Waals surface area (Å²) >= 11 is 3.77. The number of pyridine rings is 1. The smallest absolute Gasteiger partial charge is 0.276 e. The summed E-state index contributed by atoms with van der Waals surface area (Å²) in [4.78, 5) is 52.1. The lowest BCUT2D eigenvalue weighted by Crippen LogP contribution is -2.71. The largest absolute Gasteiger partial charge is 0.543 e. The topological polar surface area (TPSA) is 169 Å². The molecule has 0 spiro atoms. The number of thioether (sulfide) groups is 2. The van der Waals surface area contributed by atoms with Crippen LogP contribution in [0.25, 0.3) is 10.9 Å². The highest BCUT2D eigenvalue weighted by atomic mass is 32.2. The number of terminal acetylenes is 1. The van der Waals surface area contributed by atoms with Crippen LogP contribution >= 0.6 is 34.9 Å². The maximum atomic E-state index is 15.7. The van der Waals surface area contributed by atoms with E-state index in [1.54, 1.807) is 6.07 Å². The van der Waals surface area contributed by atoms with Crippen molar-refractivity contribution in [3.8, 4) is 12.3 Å². The Kier molecular flexibility index (Phi) is 10.4. The molecule has 2 amide bonds. The van der Waals surface area contributed by atoms with Gasteiger partial charge >= 0.3 is 0 Å². The standard InChI is InChI=1S/C32H33FN8O5S3/c1-4-10-46-38-25(21-16-49-32(34)36-21)28(42)37-26-29(43)41-27(31(44)45)17(15-48-30(26)41)14-47-24-6-8-40(5-2)22-12-18(20(33)11-19(22)24)23-13-35-7-9-39(23)3/h1,6,8,11-12,16,23,26,30,35H,5,7,9-10,13-15H2,2-3H3,(H3-,34,36,37,42,44,45)/b38-25-/t23?,26?,30-/m1/s1. The highest BCUT2D eigenvalue weighted by molar-refractivity contribution is 8.01. The highest BCUT2D eigenvalue weighted by Gasteiger charge is 2.53. The number of nitrogens with one attached hydrogen (secondary N) is 2. The number of carboxylic acids is 1. The van der Waals surface area contributed by atoms with Crippen molar-refractivity contribution >= 4 is 74.4 Å². The van der Waals surface area contributed by atoms with E-state index in [0.717, 1.165) is 39.7 Å². The Hall–Kier alpha value is -4.21. The lowest BCUT2D eigenvalue weighted by Gasteiger charge is -2.50. The summed E-state index contributed by atoms with van der Waals surface area (Å²) in [5, 5.41) is 23.9. The molecule has 1 aromatic carbocycles. The third-order valence-electron chi connectivity index (χ3n) is 8.52.